The van der Waals surface area contributed by atoms with E-state index in [9.17, 15) is 9.90 Å². The molecule has 0 fully saturated rings. The third-order valence-electron chi connectivity index (χ3n) is 1.91. The zero-order valence-electron chi connectivity index (χ0n) is 7.73. The molecule has 4 nitrogen and oxygen atoms in total. The number of aliphatic hydroxyl groups is 1. The van der Waals surface area contributed by atoms with Crippen molar-refractivity contribution in [1.29, 1.82) is 0 Å². The van der Waals surface area contributed by atoms with Crippen LogP contribution in [0.2, 0.25) is 0 Å². The van der Waals surface area contributed by atoms with Gasteiger partial charge in [-0.25, -0.2) is 0 Å². The summed E-state index contributed by atoms with van der Waals surface area (Å²) < 4.78 is 6.22. The number of methoxy groups -OCH3 is 1. The number of nitrogens with zero attached hydrogens (tertiary/aromatic N) is 1. The minimum atomic E-state index is -0.785. The van der Waals surface area contributed by atoms with Crippen LogP contribution in [0.4, 0.5) is 0 Å². The van der Waals surface area contributed by atoms with Gasteiger partial charge in [-0.2, -0.15) is 0 Å². The molecule has 0 saturated heterocycles. The first-order valence-electron chi connectivity index (χ1n) is 4.01. The number of aromatic nitrogens is 1. The van der Waals surface area contributed by atoms with Crippen LogP contribution in [0, 0.1) is 0 Å². The zero-order valence-corrected chi connectivity index (χ0v) is 7.73. The Hall–Kier alpha value is -1.29. The van der Waals surface area contributed by atoms with E-state index in [-0.39, 0.29) is 6.42 Å². The molecule has 1 rings (SSSR count). The van der Waals surface area contributed by atoms with Crippen LogP contribution >= 0.6 is 0 Å². The summed E-state index contributed by atoms with van der Waals surface area (Å²) in [6, 6.07) is 3.59. The fourth-order valence-corrected chi connectivity index (χ4v) is 1.17. The standard InChI is InChI=1S/C9H13NO3/c1-10-5-3-4-7(10)8(11)6-9(12)13-2/h3-5,8,11H,6H2,1-2H3. The summed E-state index contributed by atoms with van der Waals surface area (Å²) in [6.45, 7) is 0. The van der Waals surface area contributed by atoms with Crippen LogP contribution in [0.15, 0.2) is 18.3 Å². The molecule has 0 spiro atoms. The first kappa shape index (κ1) is 9.80. The lowest BCUT2D eigenvalue weighted by Gasteiger charge is -2.09. The molecule has 1 aromatic rings. The van der Waals surface area contributed by atoms with Crippen molar-refractivity contribution < 1.29 is 14.6 Å². The van der Waals surface area contributed by atoms with E-state index in [2.05, 4.69) is 4.74 Å². The number of esters is 1. The lowest BCUT2D eigenvalue weighted by Crippen LogP contribution is -2.10. The Balaban J connectivity index is 2.63. The zero-order chi connectivity index (χ0) is 9.84. The molecule has 13 heavy (non-hydrogen) atoms. The van der Waals surface area contributed by atoms with E-state index in [1.54, 1.807) is 10.6 Å². The number of hydrogen-bond acceptors (Lipinski definition) is 3. The van der Waals surface area contributed by atoms with Crippen molar-refractivity contribution in [3.8, 4) is 0 Å². The van der Waals surface area contributed by atoms with E-state index in [0.717, 1.165) is 0 Å². The smallest absolute Gasteiger partial charge is 0.308 e. The topological polar surface area (TPSA) is 51.5 Å². The lowest BCUT2D eigenvalue weighted by atomic mass is 10.2. The number of aliphatic hydroxyl groups excluding tert-OH is 1. The maximum absolute atomic E-state index is 10.8. The molecule has 0 bridgehead atoms. The molecular weight excluding hydrogens is 170 g/mol. The molecular formula is C9H13NO3. The van der Waals surface area contributed by atoms with Gasteiger partial charge in [0.2, 0.25) is 0 Å². The molecule has 0 aliphatic heterocycles. The number of ether oxygens (including phenoxy) is 1. The molecule has 0 aromatic carbocycles. The van der Waals surface area contributed by atoms with Crippen LogP contribution in [0.5, 0.6) is 0 Å². The predicted molar refractivity (Wildman–Crippen MR) is 47.0 cm³/mol. The molecule has 0 aliphatic rings. The average molecular weight is 183 g/mol. The third kappa shape index (κ3) is 2.32. The highest BCUT2D eigenvalue weighted by atomic mass is 16.5. The summed E-state index contributed by atoms with van der Waals surface area (Å²) in [5, 5.41) is 9.57. The van der Waals surface area contributed by atoms with Gasteiger partial charge in [0.05, 0.1) is 13.5 Å². The van der Waals surface area contributed by atoms with Crippen molar-refractivity contribution in [3.63, 3.8) is 0 Å². The van der Waals surface area contributed by atoms with Crippen molar-refractivity contribution in [1.82, 2.24) is 4.57 Å². The van der Waals surface area contributed by atoms with E-state index in [0.29, 0.717) is 5.69 Å². The molecule has 0 radical (unpaired) electrons. The summed E-state index contributed by atoms with van der Waals surface area (Å²) in [4.78, 5) is 10.8. The van der Waals surface area contributed by atoms with Crippen molar-refractivity contribution in [2.75, 3.05) is 7.11 Å². The van der Waals surface area contributed by atoms with E-state index in [4.69, 9.17) is 0 Å². The van der Waals surface area contributed by atoms with Gasteiger partial charge in [-0.05, 0) is 12.1 Å². The number of carbonyl (C=O) groups excluding carboxylic acids is 1. The van der Waals surface area contributed by atoms with E-state index < -0.39 is 12.1 Å². The molecule has 1 aromatic heterocycles. The van der Waals surface area contributed by atoms with Gasteiger partial charge in [0.25, 0.3) is 0 Å². The second kappa shape index (κ2) is 4.09. The molecule has 4 heteroatoms. The Morgan fingerprint density at radius 2 is 2.46 bits per heavy atom. The number of hydrogen-bond donors (Lipinski definition) is 1. The number of rotatable bonds is 3. The summed E-state index contributed by atoms with van der Waals surface area (Å²) in [5.41, 5.74) is 0.713. The van der Waals surface area contributed by atoms with Crippen LogP contribution in [0.25, 0.3) is 0 Å². The van der Waals surface area contributed by atoms with Gasteiger partial charge in [0.15, 0.2) is 0 Å². The minimum Gasteiger partial charge on any atom is -0.469 e. The molecule has 1 atom stereocenters. The van der Waals surface area contributed by atoms with Crippen molar-refractivity contribution >= 4 is 5.97 Å². The first-order chi connectivity index (χ1) is 6.15. The molecule has 1 unspecified atom stereocenters. The molecule has 0 saturated carbocycles. The highest BCUT2D eigenvalue weighted by molar-refractivity contribution is 5.69. The van der Waals surface area contributed by atoms with Gasteiger partial charge in [-0.15, -0.1) is 0 Å². The van der Waals surface area contributed by atoms with Crippen LogP contribution < -0.4 is 0 Å². The third-order valence-corrected chi connectivity index (χ3v) is 1.91. The normalized spacial score (nSPS) is 12.5. The van der Waals surface area contributed by atoms with Crippen LogP contribution in [-0.2, 0) is 16.6 Å². The van der Waals surface area contributed by atoms with Crippen LogP contribution in [-0.4, -0.2) is 22.8 Å². The molecule has 1 N–H and O–H groups in total. The Labute approximate surface area is 76.7 Å². The summed E-state index contributed by atoms with van der Waals surface area (Å²) in [6.07, 6.45) is 1.02. The van der Waals surface area contributed by atoms with Gasteiger partial charge >= 0.3 is 5.97 Å². The van der Waals surface area contributed by atoms with Gasteiger partial charge in [-0.1, -0.05) is 0 Å². The number of aryl methyl sites for hydroxylation is 1. The Morgan fingerprint density at radius 3 is 2.92 bits per heavy atom. The summed E-state index contributed by atoms with van der Waals surface area (Å²) in [5.74, 6) is -0.409. The highest BCUT2D eigenvalue weighted by Gasteiger charge is 2.14. The summed E-state index contributed by atoms with van der Waals surface area (Å²) >= 11 is 0. The Kier molecular flexibility index (Phi) is 3.08. The Bertz CT molecular complexity index is 293. The molecule has 1 heterocycles. The highest BCUT2D eigenvalue weighted by Crippen LogP contribution is 2.16. The van der Waals surface area contributed by atoms with Gasteiger partial charge < -0.3 is 14.4 Å². The molecule has 0 aliphatic carbocycles. The average Bonchev–Trinajstić information content (AvgIpc) is 2.51. The van der Waals surface area contributed by atoms with Gasteiger partial charge in [0.1, 0.15) is 6.10 Å². The minimum absolute atomic E-state index is 0.00560. The van der Waals surface area contributed by atoms with Gasteiger partial charge in [0, 0.05) is 18.9 Å². The second-order valence-electron chi connectivity index (χ2n) is 2.84. The lowest BCUT2D eigenvalue weighted by molar-refractivity contribution is -0.143. The monoisotopic (exact) mass is 183 g/mol. The van der Waals surface area contributed by atoms with E-state index in [1.165, 1.54) is 7.11 Å². The quantitative estimate of drug-likeness (QED) is 0.699. The van der Waals surface area contributed by atoms with Crippen molar-refractivity contribution in [2.24, 2.45) is 7.05 Å². The summed E-state index contributed by atoms with van der Waals surface area (Å²) in [7, 11) is 3.12. The van der Waals surface area contributed by atoms with Crippen LogP contribution in [0.3, 0.4) is 0 Å². The maximum Gasteiger partial charge on any atom is 0.308 e. The fraction of sp³-hybridized carbons (Fsp3) is 0.444. The molecule has 72 valence electrons. The van der Waals surface area contributed by atoms with E-state index >= 15 is 0 Å². The fourth-order valence-electron chi connectivity index (χ4n) is 1.17. The largest absolute Gasteiger partial charge is 0.469 e. The SMILES string of the molecule is COC(=O)CC(O)c1cccn1C. The maximum atomic E-state index is 10.8. The Morgan fingerprint density at radius 1 is 1.77 bits per heavy atom. The van der Waals surface area contributed by atoms with Crippen LogP contribution in [0.1, 0.15) is 18.2 Å². The second-order valence-corrected chi connectivity index (χ2v) is 2.84. The van der Waals surface area contributed by atoms with Gasteiger partial charge in [-0.3, -0.25) is 4.79 Å². The first-order valence-corrected chi connectivity index (χ1v) is 4.01. The predicted octanol–water partition coefficient (Wildman–Crippen LogP) is 0.622. The van der Waals surface area contributed by atoms with E-state index in [1.807, 2.05) is 19.3 Å². The molecule has 0 amide bonds. The van der Waals surface area contributed by atoms with Crippen molar-refractivity contribution in [2.45, 2.75) is 12.5 Å². The number of carbonyl (C=O) groups is 1. The van der Waals surface area contributed by atoms with Crippen molar-refractivity contribution in [3.05, 3.63) is 24.0 Å².